The number of carbonyl (C=O) groups excluding carboxylic acids is 1. The number of methoxy groups -OCH3 is 1. The van der Waals surface area contributed by atoms with Crippen LogP contribution in [0.4, 0.5) is 10.1 Å². The van der Waals surface area contributed by atoms with Gasteiger partial charge in [0.2, 0.25) is 0 Å². The van der Waals surface area contributed by atoms with Crippen molar-refractivity contribution in [2.75, 3.05) is 19.0 Å². The highest BCUT2D eigenvalue weighted by molar-refractivity contribution is 9.10. The summed E-state index contributed by atoms with van der Waals surface area (Å²) in [6.45, 7) is 2.34. The number of anilines is 1. The smallest absolute Gasteiger partial charge is 0.266 e. The van der Waals surface area contributed by atoms with Gasteiger partial charge in [0.05, 0.1) is 18.2 Å². The molecule has 34 heavy (non-hydrogen) atoms. The minimum Gasteiger partial charge on any atom is -0.497 e. The van der Waals surface area contributed by atoms with E-state index < -0.39 is 5.91 Å². The zero-order chi connectivity index (χ0) is 24.5. The second-order valence-electron chi connectivity index (χ2n) is 7.03. The number of amides is 1. The van der Waals surface area contributed by atoms with Crippen LogP contribution in [0, 0.1) is 17.1 Å². The van der Waals surface area contributed by atoms with E-state index in [0.29, 0.717) is 45.1 Å². The Morgan fingerprint density at radius 1 is 1.15 bits per heavy atom. The van der Waals surface area contributed by atoms with Crippen LogP contribution in [0.5, 0.6) is 17.2 Å². The number of halogens is 2. The van der Waals surface area contributed by atoms with Crippen molar-refractivity contribution in [2.24, 2.45) is 0 Å². The Labute approximate surface area is 205 Å². The van der Waals surface area contributed by atoms with E-state index in [1.807, 2.05) is 13.0 Å². The van der Waals surface area contributed by atoms with Gasteiger partial charge in [0, 0.05) is 5.69 Å². The van der Waals surface area contributed by atoms with Gasteiger partial charge in [0.1, 0.15) is 29.8 Å². The first kappa shape index (κ1) is 24.8. The molecule has 0 atom stereocenters. The summed E-state index contributed by atoms with van der Waals surface area (Å²) in [6.07, 6.45) is 1.46. The third-order valence-electron chi connectivity index (χ3n) is 4.63. The fourth-order valence-corrected chi connectivity index (χ4v) is 3.62. The molecule has 174 valence electrons. The SMILES string of the molecule is CCOc1cc(/C=C(\C#N)C(=O)Nc2ccc(OC)cc2)cc(Br)c1OCc1cccc(F)c1. The molecule has 1 N–H and O–H groups in total. The van der Waals surface area contributed by atoms with Crippen LogP contribution in [-0.2, 0) is 11.4 Å². The van der Waals surface area contributed by atoms with Gasteiger partial charge in [0.15, 0.2) is 11.5 Å². The minimum atomic E-state index is -0.548. The normalized spacial score (nSPS) is 10.9. The summed E-state index contributed by atoms with van der Waals surface area (Å²) in [6, 6.07) is 18.2. The molecule has 0 aliphatic heterocycles. The number of ether oxygens (including phenoxy) is 3. The standard InChI is InChI=1S/C26H22BrFN2O4/c1-3-33-24-14-18(13-23(27)25(24)34-16-17-5-4-6-20(28)12-17)11-19(15-29)26(31)30-21-7-9-22(32-2)10-8-21/h4-14H,3,16H2,1-2H3,(H,30,31)/b19-11+. The van der Waals surface area contributed by atoms with Gasteiger partial charge in [-0.2, -0.15) is 5.26 Å². The van der Waals surface area contributed by atoms with E-state index in [9.17, 15) is 14.4 Å². The Bertz CT molecular complexity index is 1240. The average Bonchev–Trinajstić information content (AvgIpc) is 2.82. The van der Waals surface area contributed by atoms with Gasteiger partial charge in [-0.05, 0) is 88.6 Å². The van der Waals surface area contributed by atoms with E-state index in [4.69, 9.17) is 14.2 Å². The Balaban J connectivity index is 1.82. The predicted molar refractivity (Wildman–Crippen MR) is 131 cm³/mol. The molecule has 0 heterocycles. The van der Waals surface area contributed by atoms with Crippen LogP contribution in [-0.4, -0.2) is 19.6 Å². The van der Waals surface area contributed by atoms with Gasteiger partial charge in [0.25, 0.3) is 5.91 Å². The van der Waals surface area contributed by atoms with E-state index in [0.717, 1.165) is 0 Å². The second-order valence-corrected chi connectivity index (χ2v) is 7.89. The zero-order valence-electron chi connectivity index (χ0n) is 18.6. The Morgan fingerprint density at radius 2 is 1.91 bits per heavy atom. The fraction of sp³-hybridized carbons (Fsp3) is 0.154. The van der Waals surface area contributed by atoms with Crippen molar-refractivity contribution in [2.45, 2.75) is 13.5 Å². The molecule has 0 saturated carbocycles. The summed E-state index contributed by atoms with van der Waals surface area (Å²) in [4.78, 5) is 12.6. The number of carbonyl (C=O) groups is 1. The largest absolute Gasteiger partial charge is 0.497 e. The fourth-order valence-electron chi connectivity index (χ4n) is 3.04. The third-order valence-corrected chi connectivity index (χ3v) is 5.22. The van der Waals surface area contributed by atoms with Gasteiger partial charge in [-0.3, -0.25) is 4.79 Å². The van der Waals surface area contributed by atoms with Gasteiger partial charge < -0.3 is 19.5 Å². The summed E-state index contributed by atoms with van der Waals surface area (Å²) in [5, 5.41) is 12.2. The van der Waals surface area contributed by atoms with E-state index in [-0.39, 0.29) is 18.0 Å². The van der Waals surface area contributed by atoms with Crippen LogP contribution >= 0.6 is 15.9 Å². The molecular formula is C26H22BrFN2O4. The second kappa shape index (κ2) is 11.9. The molecule has 0 aromatic heterocycles. The van der Waals surface area contributed by atoms with Crippen molar-refractivity contribution in [1.82, 2.24) is 0 Å². The molecule has 8 heteroatoms. The maximum Gasteiger partial charge on any atom is 0.266 e. The van der Waals surface area contributed by atoms with E-state index >= 15 is 0 Å². The number of hydrogen-bond donors (Lipinski definition) is 1. The monoisotopic (exact) mass is 524 g/mol. The third kappa shape index (κ3) is 6.59. The average molecular weight is 525 g/mol. The summed E-state index contributed by atoms with van der Waals surface area (Å²) in [5.41, 5.74) is 1.68. The highest BCUT2D eigenvalue weighted by Crippen LogP contribution is 2.38. The van der Waals surface area contributed by atoms with Crippen molar-refractivity contribution >= 4 is 33.6 Å². The topological polar surface area (TPSA) is 80.6 Å². The first-order valence-electron chi connectivity index (χ1n) is 10.3. The molecule has 0 aliphatic rings. The lowest BCUT2D eigenvalue weighted by Gasteiger charge is -2.15. The van der Waals surface area contributed by atoms with Crippen molar-refractivity contribution < 1.29 is 23.4 Å². The Hall–Kier alpha value is -3.83. The molecule has 0 aliphatic carbocycles. The van der Waals surface area contributed by atoms with Gasteiger partial charge in [-0.15, -0.1) is 0 Å². The quantitative estimate of drug-likeness (QED) is 0.269. The Morgan fingerprint density at radius 3 is 2.56 bits per heavy atom. The van der Waals surface area contributed by atoms with Crippen LogP contribution in [0.3, 0.4) is 0 Å². The first-order valence-corrected chi connectivity index (χ1v) is 11.1. The van der Waals surface area contributed by atoms with E-state index in [1.165, 1.54) is 18.2 Å². The first-order chi connectivity index (χ1) is 16.4. The van der Waals surface area contributed by atoms with Crippen LogP contribution in [0.25, 0.3) is 6.08 Å². The van der Waals surface area contributed by atoms with Crippen LogP contribution in [0.15, 0.2) is 70.7 Å². The van der Waals surface area contributed by atoms with Gasteiger partial charge in [-0.25, -0.2) is 4.39 Å². The van der Waals surface area contributed by atoms with Gasteiger partial charge in [-0.1, -0.05) is 12.1 Å². The number of benzene rings is 3. The summed E-state index contributed by atoms with van der Waals surface area (Å²) in [7, 11) is 1.55. The molecule has 3 rings (SSSR count). The maximum atomic E-state index is 13.5. The molecule has 0 bridgehead atoms. The molecule has 0 radical (unpaired) electrons. The highest BCUT2D eigenvalue weighted by Gasteiger charge is 2.15. The lowest BCUT2D eigenvalue weighted by atomic mass is 10.1. The summed E-state index contributed by atoms with van der Waals surface area (Å²) >= 11 is 3.47. The molecule has 0 fully saturated rings. The predicted octanol–water partition coefficient (Wildman–Crippen LogP) is 6.12. The van der Waals surface area contributed by atoms with E-state index in [2.05, 4.69) is 21.2 Å². The summed E-state index contributed by atoms with van der Waals surface area (Å²) < 4.78 is 30.7. The number of hydrogen-bond acceptors (Lipinski definition) is 5. The summed E-state index contributed by atoms with van der Waals surface area (Å²) in [5.74, 6) is 0.620. The zero-order valence-corrected chi connectivity index (χ0v) is 20.2. The molecule has 3 aromatic rings. The molecule has 0 spiro atoms. The van der Waals surface area contributed by atoms with Crippen molar-refractivity contribution in [3.63, 3.8) is 0 Å². The van der Waals surface area contributed by atoms with E-state index in [1.54, 1.807) is 55.6 Å². The van der Waals surface area contributed by atoms with Crippen LogP contribution < -0.4 is 19.5 Å². The van der Waals surface area contributed by atoms with Gasteiger partial charge >= 0.3 is 0 Å². The molecular weight excluding hydrogens is 503 g/mol. The Kier molecular flexibility index (Phi) is 8.66. The lowest BCUT2D eigenvalue weighted by Crippen LogP contribution is -2.13. The molecule has 1 amide bonds. The molecule has 3 aromatic carbocycles. The van der Waals surface area contributed by atoms with Crippen molar-refractivity contribution in [1.29, 1.82) is 5.26 Å². The number of nitriles is 1. The highest BCUT2D eigenvalue weighted by atomic mass is 79.9. The number of nitrogens with zero attached hydrogens (tertiary/aromatic N) is 1. The molecule has 0 saturated heterocycles. The van der Waals surface area contributed by atoms with Crippen molar-refractivity contribution in [3.05, 3.63) is 87.7 Å². The van der Waals surface area contributed by atoms with Crippen molar-refractivity contribution in [3.8, 4) is 23.3 Å². The maximum absolute atomic E-state index is 13.5. The lowest BCUT2D eigenvalue weighted by molar-refractivity contribution is -0.112. The number of nitrogens with one attached hydrogen (secondary N) is 1. The molecule has 6 nitrogen and oxygen atoms in total. The number of rotatable bonds is 9. The van der Waals surface area contributed by atoms with Crippen LogP contribution in [0.2, 0.25) is 0 Å². The van der Waals surface area contributed by atoms with Crippen LogP contribution in [0.1, 0.15) is 18.1 Å². The molecule has 0 unspecified atom stereocenters. The minimum absolute atomic E-state index is 0.0846.